The Morgan fingerprint density at radius 3 is 1.72 bits per heavy atom. The van der Waals surface area contributed by atoms with Crippen LogP contribution in [-0.2, 0) is 0 Å². The number of hydrogen-bond donors (Lipinski definition) is 0. The summed E-state index contributed by atoms with van der Waals surface area (Å²) in [5, 5.41) is 0. The Labute approximate surface area is 160 Å². The minimum absolute atomic E-state index is 0.818. The van der Waals surface area contributed by atoms with Crippen LogP contribution in [0.2, 0.25) is 0 Å². The first-order chi connectivity index (χ1) is 12.1. The zero-order valence-corrected chi connectivity index (χ0v) is 18.4. The molecule has 0 radical (unpaired) electrons. The summed E-state index contributed by atoms with van der Waals surface area (Å²) in [5.74, 6) is 3.12. The third-order valence-corrected chi connectivity index (χ3v) is 6.70. The third-order valence-electron chi connectivity index (χ3n) is 6.70. The molecule has 1 fully saturated rings. The Bertz CT molecular complexity index is 298. The van der Waals surface area contributed by atoms with Crippen LogP contribution in [0.4, 0.5) is 0 Å². The largest absolute Gasteiger partial charge is 0.306 e. The molecule has 0 aliphatic heterocycles. The maximum absolute atomic E-state index is 2.51. The Balaban J connectivity index is 2.28. The molecule has 0 bridgehead atoms. The monoisotopic (exact) mass is 351 g/mol. The first-order valence-corrected chi connectivity index (χ1v) is 11.8. The molecule has 0 aromatic heterocycles. The molecule has 0 aromatic rings. The van der Waals surface area contributed by atoms with Crippen molar-refractivity contribution in [2.75, 3.05) is 14.1 Å². The van der Waals surface area contributed by atoms with Crippen LogP contribution in [0.15, 0.2) is 0 Å². The lowest BCUT2D eigenvalue weighted by atomic mass is 9.88. The highest BCUT2D eigenvalue weighted by atomic mass is 15.1. The Morgan fingerprint density at radius 1 is 0.720 bits per heavy atom. The van der Waals surface area contributed by atoms with Gasteiger partial charge in [0, 0.05) is 6.04 Å². The van der Waals surface area contributed by atoms with E-state index < -0.39 is 0 Å². The van der Waals surface area contributed by atoms with E-state index in [2.05, 4.69) is 39.8 Å². The van der Waals surface area contributed by atoms with Crippen molar-refractivity contribution in [3.05, 3.63) is 0 Å². The van der Waals surface area contributed by atoms with Crippen LogP contribution < -0.4 is 0 Å². The van der Waals surface area contributed by atoms with E-state index in [1.807, 2.05) is 0 Å². The van der Waals surface area contributed by atoms with Crippen LogP contribution in [-0.4, -0.2) is 25.0 Å². The number of hydrogen-bond acceptors (Lipinski definition) is 1. The van der Waals surface area contributed by atoms with Gasteiger partial charge in [0.05, 0.1) is 0 Å². The minimum Gasteiger partial charge on any atom is -0.306 e. The van der Waals surface area contributed by atoms with Crippen molar-refractivity contribution in [2.45, 2.75) is 123 Å². The Kier molecular flexibility index (Phi) is 12.9. The van der Waals surface area contributed by atoms with Gasteiger partial charge in [-0.1, -0.05) is 91.4 Å². The Hall–Kier alpha value is -0.0400. The summed E-state index contributed by atoms with van der Waals surface area (Å²) >= 11 is 0. The fraction of sp³-hybridized carbons (Fsp3) is 1.00. The molecule has 0 spiro atoms. The first kappa shape index (κ1) is 23.0. The van der Waals surface area contributed by atoms with Crippen molar-refractivity contribution in [2.24, 2.45) is 17.8 Å². The zero-order chi connectivity index (χ0) is 18.5. The summed E-state index contributed by atoms with van der Waals surface area (Å²) in [6.45, 7) is 7.11. The summed E-state index contributed by atoms with van der Waals surface area (Å²) in [6, 6.07) is 0.818. The lowest BCUT2D eigenvalue weighted by Crippen LogP contribution is -2.28. The van der Waals surface area contributed by atoms with Gasteiger partial charge in [-0.15, -0.1) is 0 Å². The maximum atomic E-state index is 2.51. The van der Waals surface area contributed by atoms with E-state index in [9.17, 15) is 0 Å². The van der Waals surface area contributed by atoms with E-state index in [0.717, 1.165) is 23.8 Å². The smallest absolute Gasteiger partial charge is 0.00892 e. The van der Waals surface area contributed by atoms with Crippen LogP contribution in [0, 0.1) is 17.8 Å². The van der Waals surface area contributed by atoms with E-state index in [-0.39, 0.29) is 0 Å². The van der Waals surface area contributed by atoms with Crippen molar-refractivity contribution in [1.82, 2.24) is 4.90 Å². The molecule has 0 aromatic carbocycles. The molecule has 0 heterocycles. The summed E-state index contributed by atoms with van der Waals surface area (Å²) in [4.78, 5) is 2.51. The van der Waals surface area contributed by atoms with Crippen LogP contribution in [0.5, 0.6) is 0 Å². The number of rotatable bonds is 17. The molecule has 1 heteroatoms. The molecule has 4 unspecified atom stereocenters. The molecule has 150 valence electrons. The quantitative estimate of drug-likeness (QED) is 0.243. The predicted octanol–water partition coefficient (Wildman–Crippen LogP) is 7.69. The molecule has 0 saturated heterocycles. The van der Waals surface area contributed by atoms with Gasteiger partial charge in [-0.2, -0.15) is 0 Å². The highest BCUT2D eigenvalue weighted by molar-refractivity contribution is 4.89. The first-order valence-electron chi connectivity index (χ1n) is 11.8. The average molecular weight is 352 g/mol. The van der Waals surface area contributed by atoms with E-state index in [0.29, 0.717) is 0 Å². The van der Waals surface area contributed by atoms with Crippen molar-refractivity contribution >= 4 is 0 Å². The molecular formula is C24H49N. The molecular weight excluding hydrogens is 302 g/mol. The molecule has 0 amide bonds. The van der Waals surface area contributed by atoms with Gasteiger partial charge in [0.15, 0.2) is 0 Å². The second kappa shape index (κ2) is 14.1. The fourth-order valence-corrected chi connectivity index (χ4v) is 4.64. The van der Waals surface area contributed by atoms with E-state index >= 15 is 0 Å². The lowest BCUT2D eigenvalue weighted by molar-refractivity contribution is 0.230. The minimum atomic E-state index is 0.818. The molecule has 1 rings (SSSR count). The van der Waals surface area contributed by atoms with E-state index in [1.54, 1.807) is 0 Å². The molecule has 25 heavy (non-hydrogen) atoms. The van der Waals surface area contributed by atoms with Gasteiger partial charge < -0.3 is 4.90 Å². The van der Waals surface area contributed by atoms with Gasteiger partial charge in [0.2, 0.25) is 0 Å². The highest BCUT2D eigenvalue weighted by Crippen LogP contribution is 2.47. The van der Waals surface area contributed by atoms with Gasteiger partial charge in [-0.25, -0.2) is 0 Å². The lowest BCUT2D eigenvalue weighted by Gasteiger charge is -2.27. The highest BCUT2D eigenvalue weighted by Gasteiger charge is 2.38. The number of nitrogens with zero attached hydrogens (tertiary/aromatic N) is 1. The third kappa shape index (κ3) is 10.6. The zero-order valence-electron chi connectivity index (χ0n) is 18.4. The summed E-state index contributed by atoms with van der Waals surface area (Å²) < 4.78 is 0. The summed E-state index contributed by atoms with van der Waals surface area (Å²) in [7, 11) is 4.60. The summed E-state index contributed by atoms with van der Waals surface area (Å²) in [6.07, 6.45) is 21.7. The van der Waals surface area contributed by atoms with Gasteiger partial charge in [-0.05, 0) is 57.5 Å². The van der Waals surface area contributed by atoms with Crippen LogP contribution in [0.25, 0.3) is 0 Å². The van der Waals surface area contributed by atoms with Crippen LogP contribution >= 0.6 is 0 Å². The van der Waals surface area contributed by atoms with Crippen molar-refractivity contribution in [3.63, 3.8) is 0 Å². The van der Waals surface area contributed by atoms with Gasteiger partial charge in [-0.3, -0.25) is 0 Å². The fourth-order valence-electron chi connectivity index (χ4n) is 4.64. The second-order valence-corrected chi connectivity index (χ2v) is 9.24. The standard InChI is InChI=1S/C24H49N/c1-6-8-10-12-14-16-22(24-20-21(24)3)18-19-23(25(4)5)17-15-13-11-9-7-2/h21-24H,6-20H2,1-5H3. The predicted molar refractivity (Wildman–Crippen MR) is 114 cm³/mol. The number of unbranched alkanes of at least 4 members (excludes halogenated alkanes) is 8. The molecule has 1 aliphatic carbocycles. The van der Waals surface area contributed by atoms with Gasteiger partial charge in [0.25, 0.3) is 0 Å². The molecule has 1 aliphatic rings. The summed E-state index contributed by atoms with van der Waals surface area (Å²) in [5.41, 5.74) is 0. The van der Waals surface area contributed by atoms with Crippen molar-refractivity contribution in [1.29, 1.82) is 0 Å². The normalized spacial score (nSPS) is 22.3. The maximum Gasteiger partial charge on any atom is 0.00892 e. The molecule has 1 nitrogen and oxygen atoms in total. The van der Waals surface area contributed by atoms with Crippen molar-refractivity contribution in [3.8, 4) is 0 Å². The van der Waals surface area contributed by atoms with Gasteiger partial charge >= 0.3 is 0 Å². The van der Waals surface area contributed by atoms with Crippen LogP contribution in [0.1, 0.15) is 117 Å². The van der Waals surface area contributed by atoms with E-state index in [1.165, 1.54) is 96.3 Å². The van der Waals surface area contributed by atoms with E-state index in [4.69, 9.17) is 0 Å². The molecule has 4 atom stereocenters. The SMILES string of the molecule is CCCCCCCC(CCC(CCCCCCC)N(C)C)C1CC1C. The molecule has 0 N–H and O–H groups in total. The van der Waals surface area contributed by atoms with Crippen molar-refractivity contribution < 1.29 is 0 Å². The van der Waals surface area contributed by atoms with Gasteiger partial charge in [0.1, 0.15) is 0 Å². The molecule has 1 saturated carbocycles. The topological polar surface area (TPSA) is 3.24 Å². The average Bonchev–Trinajstić information content (AvgIpc) is 3.31. The second-order valence-electron chi connectivity index (χ2n) is 9.24. The Morgan fingerprint density at radius 2 is 1.24 bits per heavy atom. The van der Waals surface area contributed by atoms with Crippen LogP contribution in [0.3, 0.4) is 0 Å².